The molecule has 0 aromatic heterocycles. The van der Waals surface area contributed by atoms with Crippen LogP contribution in [0.15, 0.2) is 18.2 Å². The fourth-order valence-corrected chi connectivity index (χ4v) is 1.69. The lowest BCUT2D eigenvalue weighted by atomic mass is 10.1. The number of hydrogen-bond acceptors (Lipinski definition) is 6. The van der Waals surface area contributed by atoms with E-state index in [0.29, 0.717) is 11.3 Å². The lowest BCUT2D eigenvalue weighted by Gasteiger charge is -2.12. The van der Waals surface area contributed by atoms with Gasteiger partial charge in [0.2, 0.25) is 0 Å². The molecule has 0 aliphatic rings. The highest BCUT2D eigenvalue weighted by molar-refractivity contribution is 5.92. The summed E-state index contributed by atoms with van der Waals surface area (Å²) in [5, 5.41) is 11.2. The van der Waals surface area contributed by atoms with Crippen molar-refractivity contribution in [2.75, 3.05) is 13.2 Å². The van der Waals surface area contributed by atoms with Crippen molar-refractivity contribution in [3.63, 3.8) is 0 Å². The van der Waals surface area contributed by atoms with E-state index < -0.39 is 12.0 Å². The minimum absolute atomic E-state index is 0.0317. The number of nitrogens with one attached hydrogen (secondary N) is 1. The molecule has 1 N–H and O–H groups in total. The van der Waals surface area contributed by atoms with E-state index in [2.05, 4.69) is 10.8 Å². The predicted molar refractivity (Wildman–Crippen MR) is 81.7 cm³/mol. The summed E-state index contributed by atoms with van der Waals surface area (Å²) in [5.41, 5.74) is 1.12. The zero-order chi connectivity index (χ0) is 17.2. The molecular formula is C16H20N2O5. The Morgan fingerprint density at radius 1 is 1.35 bits per heavy atom. The van der Waals surface area contributed by atoms with Gasteiger partial charge in [-0.05, 0) is 38.5 Å². The van der Waals surface area contributed by atoms with Gasteiger partial charge in [0.25, 0.3) is 5.91 Å². The van der Waals surface area contributed by atoms with Crippen LogP contribution in [0.4, 0.5) is 4.79 Å². The third-order valence-electron chi connectivity index (χ3n) is 2.55. The first-order valence-corrected chi connectivity index (χ1v) is 7.20. The van der Waals surface area contributed by atoms with E-state index in [-0.39, 0.29) is 25.9 Å². The Kier molecular flexibility index (Phi) is 7.57. The van der Waals surface area contributed by atoms with E-state index in [1.54, 1.807) is 25.1 Å². The second kappa shape index (κ2) is 9.43. The summed E-state index contributed by atoms with van der Waals surface area (Å²) in [5.74, 6) is -0.0879. The smallest absolute Gasteiger partial charge is 0.413 e. The average molecular weight is 320 g/mol. The zero-order valence-corrected chi connectivity index (χ0v) is 13.4. The van der Waals surface area contributed by atoms with Crippen LogP contribution in [-0.2, 0) is 20.9 Å². The van der Waals surface area contributed by atoms with Gasteiger partial charge in [-0.15, -0.1) is 0 Å². The SMILES string of the molecule is CCOC(=O)NC(=O)COCc1ccc(OC(C)C)c(C#N)c1. The van der Waals surface area contributed by atoms with Gasteiger partial charge in [-0.3, -0.25) is 10.1 Å². The van der Waals surface area contributed by atoms with E-state index in [0.717, 1.165) is 5.56 Å². The Bertz CT molecular complexity index is 593. The van der Waals surface area contributed by atoms with Crippen LogP contribution in [0.3, 0.4) is 0 Å². The molecular weight excluding hydrogens is 300 g/mol. The first-order valence-electron chi connectivity index (χ1n) is 7.20. The van der Waals surface area contributed by atoms with Gasteiger partial charge in [-0.2, -0.15) is 5.26 Å². The summed E-state index contributed by atoms with van der Waals surface area (Å²) in [6, 6.07) is 7.14. The monoisotopic (exact) mass is 320 g/mol. The minimum atomic E-state index is -0.803. The van der Waals surface area contributed by atoms with E-state index >= 15 is 0 Å². The number of nitriles is 1. The van der Waals surface area contributed by atoms with Crippen molar-refractivity contribution in [2.24, 2.45) is 0 Å². The number of carbonyl (C=O) groups is 2. The molecule has 0 bridgehead atoms. The molecule has 0 spiro atoms. The molecule has 2 amide bonds. The number of alkyl carbamates (subject to hydrolysis) is 1. The molecule has 0 saturated heterocycles. The molecule has 0 radical (unpaired) electrons. The number of amides is 2. The van der Waals surface area contributed by atoms with Crippen LogP contribution in [0.5, 0.6) is 5.75 Å². The topological polar surface area (TPSA) is 97.7 Å². The second-order valence-electron chi connectivity index (χ2n) is 4.87. The summed E-state index contributed by atoms with van der Waals surface area (Å²) < 4.78 is 15.3. The molecule has 7 nitrogen and oxygen atoms in total. The number of carbonyl (C=O) groups excluding carboxylic acids is 2. The lowest BCUT2D eigenvalue weighted by molar-refractivity contribution is -0.125. The summed E-state index contributed by atoms with van der Waals surface area (Å²) >= 11 is 0. The van der Waals surface area contributed by atoms with E-state index in [1.807, 2.05) is 19.2 Å². The van der Waals surface area contributed by atoms with Crippen molar-refractivity contribution in [3.05, 3.63) is 29.3 Å². The summed E-state index contributed by atoms with van der Waals surface area (Å²) in [6.45, 7) is 5.42. The molecule has 1 rings (SSSR count). The summed E-state index contributed by atoms with van der Waals surface area (Å²) in [7, 11) is 0. The largest absolute Gasteiger partial charge is 0.490 e. The molecule has 0 aliphatic heterocycles. The molecule has 23 heavy (non-hydrogen) atoms. The third kappa shape index (κ3) is 6.80. The molecule has 0 atom stereocenters. The number of ether oxygens (including phenoxy) is 3. The number of hydrogen-bond donors (Lipinski definition) is 1. The van der Waals surface area contributed by atoms with Gasteiger partial charge >= 0.3 is 6.09 Å². The molecule has 0 saturated carbocycles. The summed E-state index contributed by atoms with van der Waals surface area (Å²) in [4.78, 5) is 22.4. The minimum Gasteiger partial charge on any atom is -0.490 e. The van der Waals surface area contributed by atoms with Gasteiger partial charge in [-0.1, -0.05) is 6.07 Å². The Hall–Kier alpha value is -2.59. The van der Waals surface area contributed by atoms with Crippen LogP contribution in [0.2, 0.25) is 0 Å². The van der Waals surface area contributed by atoms with Crippen LogP contribution in [-0.4, -0.2) is 31.3 Å². The van der Waals surface area contributed by atoms with Gasteiger partial charge in [-0.25, -0.2) is 4.79 Å². The van der Waals surface area contributed by atoms with Gasteiger partial charge in [0.15, 0.2) is 0 Å². The van der Waals surface area contributed by atoms with Crippen molar-refractivity contribution in [1.82, 2.24) is 5.32 Å². The molecule has 1 aromatic rings. The highest BCUT2D eigenvalue weighted by Crippen LogP contribution is 2.21. The molecule has 0 aliphatic carbocycles. The van der Waals surface area contributed by atoms with Crippen LogP contribution >= 0.6 is 0 Å². The van der Waals surface area contributed by atoms with E-state index in [9.17, 15) is 9.59 Å². The normalized spacial score (nSPS) is 10.0. The first-order chi connectivity index (χ1) is 11.0. The van der Waals surface area contributed by atoms with Crippen LogP contribution < -0.4 is 10.1 Å². The average Bonchev–Trinajstić information content (AvgIpc) is 2.48. The van der Waals surface area contributed by atoms with Crippen molar-refractivity contribution in [2.45, 2.75) is 33.5 Å². The maximum atomic E-state index is 11.4. The highest BCUT2D eigenvalue weighted by atomic mass is 16.5. The van der Waals surface area contributed by atoms with E-state index in [1.165, 1.54) is 0 Å². The van der Waals surface area contributed by atoms with Crippen LogP contribution in [0.1, 0.15) is 31.9 Å². The number of rotatable bonds is 7. The van der Waals surface area contributed by atoms with Gasteiger partial charge < -0.3 is 14.2 Å². The zero-order valence-electron chi connectivity index (χ0n) is 13.4. The summed E-state index contributed by atoms with van der Waals surface area (Å²) in [6.07, 6.45) is -0.834. The van der Waals surface area contributed by atoms with Crippen molar-refractivity contribution < 1.29 is 23.8 Å². The number of benzene rings is 1. The second-order valence-corrected chi connectivity index (χ2v) is 4.87. The third-order valence-corrected chi connectivity index (χ3v) is 2.55. The van der Waals surface area contributed by atoms with Crippen molar-refractivity contribution >= 4 is 12.0 Å². The highest BCUT2D eigenvalue weighted by Gasteiger charge is 2.10. The Morgan fingerprint density at radius 2 is 2.09 bits per heavy atom. The molecule has 124 valence electrons. The molecule has 0 fully saturated rings. The maximum absolute atomic E-state index is 11.4. The molecule has 7 heteroatoms. The molecule has 0 heterocycles. The molecule has 0 unspecified atom stereocenters. The number of nitrogens with zero attached hydrogens (tertiary/aromatic N) is 1. The van der Waals surface area contributed by atoms with Gasteiger partial charge in [0.1, 0.15) is 18.4 Å². The fourth-order valence-electron chi connectivity index (χ4n) is 1.69. The lowest BCUT2D eigenvalue weighted by Crippen LogP contribution is -2.33. The Labute approximate surface area is 135 Å². The van der Waals surface area contributed by atoms with E-state index in [4.69, 9.17) is 14.7 Å². The van der Waals surface area contributed by atoms with Crippen LogP contribution in [0.25, 0.3) is 0 Å². The van der Waals surface area contributed by atoms with Crippen LogP contribution in [0, 0.1) is 11.3 Å². The fraction of sp³-hybridized carbons (Fsp3) is 0.438. The van der Waals surface area contributed by atoms with Gasteiger partial charge in [0, 0.05) is 0 Å². The number of imide groups is 1. The first kappa shape index (κ1) is 18.5. The Morgan fingerprint density at radius 3 is 2.70 bits per heavy atom. The maximum Gasteiger partial charge on any atom is 0.413 e. The standard InChI is InChI=1S/C16H20N2O5/c1-4-22-16(20)18-15(19)10-21-9-12-5-6-14(23-11(2)3)13(7-12)8-17/h5-7,11H,4,9-10H2,1-3H3,(H,18,19,20). The van der Waals surface area contributed by atoms with Gasteiger partial charge in [0.05, 0.1) is 24.9 Å². The quantitative estimate of drug-likeness (QED) is 0.826. The van der Waals surface area contributed by atoms with Crippen molar-refractivity contribution in [1.29, 1.82) is 5.26 Å². The predicted octanol–water partition coefficient (Wildman–Crippen LogP) is 2.13. The molecule has 1 aromatic carbocycles. The van der Waals surface area contributed by atoms with Crippen molar-refractivity contribution in [3.8, 4) is 11.8 Å². The Balaban J connectivity index is 2.51.